The average Bonchev–Trinajstić information content (AvgIpc) is 2.42. The Morgan fingerprint density at radius 1 is 1.21 bits per heavy atom. The molecule has 19 heavy (non-hydrogen) atoms. The molecule has 2 unspecified atom stereocenters. The summed E-state index contributed by atoms with van der Waals surface area (Å²) in [7, 11) is 0. The minimum absolute atomic E-state index is 0.337. The van der Waals surface area contributed by atoms with Gasteiger partial charge in [-0.1, -0.05) is 13.3 Å². The van der Waals surface area contributed by atoms with Gasteiger partial charge in [0.1, 0.15) is 5.75 Å². The predicted octanol–water partition coefficient (Wildman–Crippen LogP) is 3.77. The Balaban J connectivity index is 1.90. The molecule has 2 atom stereocenters. The van der Waals surface area contributed by atoms with Gasteiger partial charge in [-0.2, -0.15) is 0 Å². The van der Waals surface area contributed by atoms with Crippen LogP contribution in [0.1, 0.15) is 32.6 Å². The molecule has 3 nitrogen and oxygen atoms in total. The van der Waals surface area contributed by atoms with Crippen LogP contribution in [0.3, 0.4) is 0 Å². The molecule has 3 rings (SSSR count). The summed E-state index contributed by atoms with van der Waals surface area (Å²) in [5, 5.41) is 2.04. The molecule has 100 valence electrons. The fraction of sp³-hybridized carbons (Fsp3) is 0.438. The number of hydrogen-bond acceptors (Lipinski definition) is 3. The molecular weight excluding hydrogens is 236 g/mol. The Kier molecular flexibility index (Phi) is 3.28. The summed E-state index contributed by atoms with van der Waals surface area (Å²) < 4.78 is 6.21. The van der Waals surface area contributed by atoms with Crippen molar-refractivity contribution in [2.45, 2.75) is 38.7 Å². The summed E-state index contributed by atoms with van der Waals surface area (Å²) in [6.07, 6.45) is 8.83. The molecule has 0 aliphatic heterocycles. The third-order valence-corrected chi connectivity index (χ3v) is 3.99. The SMILES string of the molecule is CC1CCCC(Oc2ccc(N)c3cnccc23)C1. The van der Waals surface area contributed by atoms with Gasteiger partial charge in [0.05, 0.1) is 6.10 Å². The predicted molar refractivity (Wildman–Crippen MR) is 78.2 cm³/mol. The third-order valence-electron chi connectivity index (χ3n) is 3.99. The molecule has 0 saturated heterocycles. The van der Waals surface area contributed by atoms with Crippen LogP contribution in [0.15, 0.2) is 30.6 Å². The van der Waals surface area contributed by atoms with Crippen LogP contribution in [0.4, 0.5) is 5.69 Å². The van der Waals surface area contributed by atoms with Crippen LogP contribution in [0.25, 0.3) is 10.8 Å². The lowest BCUT2D eigenvalue weighted by molar-refractivity contribution is 0.131. The number of nitrogens with zero attached hydrogens (tertiary/aromatic N) is 1. The summed E-state index contributed by atoms with van der Waals surface area (Å²) in [5.41, 5.74) is 6.74. The van der Waals surface area contributed by atoms with Gasteiger partial charge in [-0.15, -0.1) is 0 Å². The molecule has 0 bridgehead atoms. The maximum Gasteiger partial charge on any atom is 0.127 e. The van der Waals surface area contributed by atoms with Crippen LogP contribution in [0.2, 0.25) is 0 Å². The van der Waals surface area contributed by atoms with E-state index in [2.05, 4.69) is 11.9 Å². The molecule has 1 saturated carbocycles. The standard InChI is InChI=1S/C16H20N2O/c1-11-3-2-4-12(9-11)19-16-6-5-15(17)14-10-18-8-7-13(14)16/h5-8,10-12H,2-4,9,17H2,1H3. The van der Waals surface area contributed by atoms with Crippen molar-refractivity contribution >= 4 is 16.5 Å². The van der Waals surface area contributed by atoms with Gasteiger partial charge in [0.25, 0.3) is 0 Å². The molecule has 0 spiro atoms. The summed E-state index contributed by atoms with van der Waals surface area (Å²) in [6, 6.07) is 5.87. The van der Waals surface area contributed by atoms with E-state index in [0.717, 1.165) is 41.0 Å². The molecule has 0 radical (unpaired) electrons. The zero-order chi connectivity index (χ0) is 13.2. The van der Waals surface area contributed by atoms with Crippen molar-refractivity contribution < 1.29 is 4.74 Å². The number of nitrogen functional groups attached to an aromatic ring is 1. The normalized spacial score (nSPS) is 23.4. The van der Waals surface area contributed by atoms with Crippen LogP contribution in [-0.2, 0) is 0 Å². The van der Waals surface area contributed by atoms with E-state index in [9.17, 15) is 0 Å². The Morgan fingerprint density at radius 2 is 2.11 bits per heavy atom. The van der Waals surface area contributed by atoms with E-state index in [1.54, 1.807) is 12.4 Å². The highest BCUT2D eigenvalue weighted by molar-refractivity contribution is 5.96. The smallest absolute Gasteiger partial charge is 0.127 e. The summed E-state index contributed by atoms with van der Waals surface area (Å²) in [4.78, 5) is 4.14. The highest BCUT2D eigenvalue weighted by Crippen LogP contribution is 2.33. The first kappa shape index (κ1) is 12.3. The molecule has 1 aliphatic rings. The van der Waals surface area contributed by atoms with E-state index in [1.807, 2.05) is 18.2 Å². The van der Waals surface area contributed by atoms with Crippen molar-refractivity contribution in [2.75, 3.05) is 5.73 Å². The van der Waals surface area contributed by atoms with E-state index in [-0.39, 0.29) is 0 Å². The minimum atomic E-state index is 0.337. The first-order valence-electron chi connectivity index (χ1n) is 7.03. The number of hydrogen-bond donors (Lipinski definition) is 1. The first-order valence-corrected chi connectivity index (χ1v) is 7.03. The van der Waals surface area contributed by atoms with E-state index in [1.165, 1.54) is 12.8 Å². The van der Waals surface area contributed by atoms with Gasteiger partial charge >= 0.3 is 0 Å². The molecule has 3 heteroatoms. The van der Waals surface area contributed by atoms with Crippen molar-refractivity contribution in [1.82, 2.24) is 4.98 Å². The lowest BCUT2D eigenvalue weighted by Crippen LogP contribution is -2.24. The van der Waals surface area contributed by atoms with Crippen LogP contribution < -0.4 is 10.5 Å². The molecule has 2 N–H and O–H groups in total. The molecule has 2 aromatic rings. The van der Waals surface area contributed by atoms with Crippen molar-refractivity contribution in [1.29, 1.82) is 0 Å². The van der Waals surface area contributed by atoms with Gasteiger partial charge in [0.2, 0.25) is 0 Å². The number of ether oxygens (including phenoxy) is 1. The van der Waals surface area contributed by atoms with Gasteiger partial charge in [0, 0.05) is 28.9 Å². The summed E-state index contributed by atoms with van der Waals surface area (Å²) in [6.45, 7) is 2.31. The molecule has 1 aromatic carbocycles. The summed E-state index contributed by atoms with van der Waals surface area (Å²) >= 11 is 0. The number of rotatable bonds is 2. The third kappa shape index (κ3) is 2.50. The van der Waals surface area contributed by atoms with Crippen LogP contribution in [0, 0.1) is 5.92 Å². The quantitative estimate of drug-likeness (QED) is 0.832. The van der Waals surface area contributed by atoms with Crippen molar-refractivity contribution in [3.05, 3.63) is 30.6 Å². The number of anilines is 1. The van der Waals surface area contributed by atoms with Crippen LogP contribution in [-0.4, -0.2) is 11.1 Å². The lowest BCUT2D eigenvalue weighted by atomic mass is 9.88. The topological polar surface area (TPSA) is 48.1 Å². The van der Waals surface area contributed by atoms with Gasteiger partial charge in [-0.3, -0.25) is 4.98 Å². The number of nitrogens with two attached hydrogens (primary N) is 1. The molecule has 0 amide bonds. The van der Waals surface area contributed by atoms with Crippen molar-refractivity contribution in [2.24, 2.45) is 5.92 Å². The number of aromatic nitrogens is 1. The monoisotopic (exact) mass is 256 g/mol. The number of pyridine rings is 1. The van der Waals surface area contributed by atoms with Crippen LogP contribution in [0.5, 0.6) is 5.75 Å². The second kappa shape index (κ2) is 5.08. The highest BCUT2D eigenvalue weighted by atomic mass is 16.5. The fourth-order valence-electron chi connectivity index (χ4n) is 2.95. The molecule has 1 aromatic heterocycles. The second-order valence-electron chi connectivity index (χ2n) is 5.59. The molecule has 1 fully saturated rings. The molecular formula is C16H20N2O. The Bertz CT molecular complexity index is 582. The van der Waals surface area contributed by atoms with E-state index in [0.29, 0.717) is 6.10 Å². The Labute approximate surface area is 113 Å². The van der Waals surface area contributed by atoms with Crippen LogP contribution >= 0.6 is 0 Å². The maximum atomic E-state index is 6.21. The largest absolute Gasteiger partial charge is 0.490 e. The van der Waals surface area contributed by atoms with E-state index >= 15 is 0 Å². The minimum Gasteiger partial charge on any atom is -0.490 e. The van der Waals surface area contributed by atoms with E-state index in [4.69, 9.17) is 10.5 Å². The van der Waals surface area contributed by atoms with Gasteiger partial charge in [-0.25, -0.2) is 0 Å². The van der Waals surface area contributed by atoms with Crippen molar-refractivity contribution in [3.8, 4) is 5.75 Å². The van der Waals surface area contributed by atoms with Gasteiger partial charge in [0.15, 0.2) is 0 Å². The van der Waals surface area contributed by atoms with E-state index < -0.39 is 0 Å². The highest BCUT2D eigenvalue weighted by Gasteiger charge is 2.21. The molecule has 1 heterocycles. The zero-order valence-electron chi connectivity index (χ0n) is 11.3. The van der Waals surface area contributed by atoms with Gasteiger partial charge < -0.3 is 10.5 Å². The Hall–Kier alpha value is -1.77. The number of benzene rings is 1. The average molecular weight is 256 g/mol. The maximum absolute atomic E-state index is 6.21. The van der Waals surface area contributed by atoms with Crippen molar-refractivity contribution in [3.63, 3.8) is 0 Å². The second-order valence-corrected chi connectivity index (χ2v) is 5.59. The lowest BCUT2D eigenvalue weighted by Gasteiger charge is -2.28. The fourth-order valence-corrected chi connectivity index (χ4v) is 2.95. The zero-order valence-corrected chi connectivity index (χ0v) is 11.3. The summed E-state index contributed by atoms with van der Waals surface area (Å²) in [5.74, 6) is 1.70. The number of fused-ring (bicyclic) bond motifs is 1. The first-order chi connectivity index (χ1) is 9.24. The molecule has 1 aliphatic carbocycles. The Morgan fingerprint density at radius 3 is 2.95 bits per heavy atom. The van der Waals surface area contributed by atoms with Gasteiger partial charge in [-0.05, 0) is 43.4 Å².